The average Bonchev–Trinajstić information content (AvgIpc) is 1.83. The SMILES string of the molecule is CC(C)(C)[Si](C)(C)C(=O)C(N)=O. The minimum Gasteiger partial charge on any atom is -0.363 e. The lowest BCUT2D eigenvalue weighted by Crippen LogP contribution is -2.51. The van der Waals surface area contributed by atoms with E-state index in [2.05, 4.69) is 0 Å². The third kappa shape index (κ3) is 1.94. The zero-order chi connectivity index (χ0) is 10.2. The molecule has 0 aliphatic rings. The Bertz CT molecular complexity index is 216. The van der Waals surface area contributed by atoms with Gasteiger partial charge in [-0.25, -0.2) is 0 Å². The number of carbonyl (C=O) groups is 2. The number of carbonyl (C=O) groups excluding carboxylic acids is 2. The van der Waals surface area contributed by atoms with Crippen LogP contribution in [-0.2, 0) is 9.59 Å². The molecule has 2 N–H and O–H groups in total. The summed E-state index contributed by atoms with van der Waals surface area (Å²) in [5, 5.41) is -0.478. The van der Waals surface area contributed by atoms with Gasteiger partial charge in [-0.15, -0.1) is 0 Å². The van der Waals surface area contributed by atoms with Crippen LogP contribution in [0.4, 0.5) is 0 Å². The van der Waals surface area contributed by atoms with Gasteiger partial charge in [-0.3, -0.25) is 9.59 Å². The normalized spacial score (nSPS) is 12.8. The highest BCUT2D eigenvalue weighted by Crippen LogP contribution is 2.36. The lowest BCUT2D eigenvalue weighted by molar-refractivity contribution is -0.132. The van der Waals surface area contributed by atoms with Crippen LogP contribution >= 0.6 is 0 Å². The van der Waals surface area contributed by atoms with Crippen LogP contribution in [0.2, 0.25) is 18.1 Å². The second kappa shape index (κ2) is 3.01. The fourth-order valence-electron chi connectivity index (χ4n) is 0.649. The molecule has 0 aromatic carbocycles. The summed E-state index contributed by atoms with van der Waals surface area (Å²) in [6, 6.07) is 0. The van der Waals surface area contributed by atoms with Gasteiger partial charge < -0.3 is 5.73 Å². The molecule has 0 saturated heterocycles. The van der Waals surface area contributed by atoms with Crippen LogP contribution in [0.1, 0.15) is 20.8 Å². The maximum atomic E-state index is 11.4. The molecule has 0 saturated carbocycles. The van der Waals surface area contributed by atoms with Crippen LogP contribution < -0.4 is 5.73 Å². The number of rotatable bonds is 2. The van der Waals surface area contributed by atoms with E-state index < -0.39 is 14.0 Å². The summed E-state index contributed by atoms with van der Waals surface area (Å²) in [6.07, 6.45) is 0. The Balaban J connectivity index is 4.87. The standard InChI is InChI=1S/C8H17NO2Si/c1-8(2,3)12(4,5)7(11)6(9)10/h1-5H3,(H2,9,10). The molecule has 0 fully saturated rings. The predicted octanol–water partition coefficient (Wildman–Crippen LogP) is 1.09. The summed E-state index contributed by atoms with van der Waals surface area (Å²) in [5.74, 6) is -0.790. The van der Waals surface area contributed by atoms with Gasteiger partial charge in [-0.05, 0) is 5.04 Å². The van der Waals surface area contributed by atoms with Gasteiger partial charge in [-0.2, -0.15) is 0 Å². The van der Waals surface area contributed by atoms with Gasteiger partial charge in [0.25, 0.3) is 5.91 Å². The molecule has 4 heteroatoms. The van der Waals surface area contributed by atoms with Crippen LogP contribution in [0.5, 0.6) is 0 Å². The minimum atomic E-state index is -2.18. The molecule has 3 nitrogen and oxygen atoms in total. The molecule has 0 aliphatic carbocycles. The Morgan fingerprint density at radius 1 is 1.17 bits per heavy atom. The van der Waals surface area contributed by atoms with Gasteiger partial charge in [0.15, 0.2) is 5.41 Å². The van der Waals surface area contributed by atoms with Crippen LogP contribution in [0.25, 0.3) is 0 Å². The van der Waals surface area contributed by atoms with Crippen LogP contribution in [0.15, 0.2) is 0 Å². The largest absolute Gasteiger partial charge is 0.363 e. The molecule has 0 unspecified atom stereocenters. The van der Waals surface area contributed by atoms with Crippen LogP contribution in [0, 0.1) is 0 Å². The summed E-state index contributed by atoms with van der Waals surface area (Å²) in [6.45, 7) is 9.67. The van der Waals surface area contributed by atoms with E-state index in [1.807, 2.05) is 33.9 Å². The molecule has 0 radical (unpaired) electrons. The topological polar surface area (TPSA) is 60.2 Å². The molecule has 0 rings (SSSR count). The number of primary amides is 1. The molecule has 12 heavy (non-hydrogen) atoms. The third-order valence-electron chi connectivity index (χ3n) is 2.67. The van der Waals surface area contributed by atoms with Crippen molar-refractivity contribution in [3.63, 3.8) is 0 Å². The zero-order valence-corrected chi connectivity index (χ0v) is 9.39. The molecular weight excluding hydrogens is 170 g/mol. The molecule has 0 heterocycles. The van der Waals surface area contributed by atoms with E-state index in [1.54, 1.807) is 0 Å². The fraction of sp³-hybridized carbons (Fsp3) is 0.750. The molecular formula is C8H17NO2Si. The smallest absolute Gasteiger partial charge is 0.279 e. The fourth-order valence-corrected chi connectivity index (χ4v) is 1.95. The van der Waals surface area contributed by atoms with Gasteiger partial charge in [0, 0.05) is 0 Å². The molecule has 0 aromatic rings. The quantitative estimate of drug-likeness (QED) is 0.519. The maximum absolute atomic E-state index is 11.4. The lowest BCUT2D eigenvalue weighted by Gasteiger charge is -2.33. The second-order valence-electron chi connectivity index (χ2n) is 4.57. The molecule has 70 valence electrons. The van der Waals surface area contributed by atoms with Gasteiger partial charge in [0.05, 0.1) is 0 Å². The van der Waals surface area contributed by atoms with E-state index in [-0.39, 0.29) is 10.4 Å². The van der Waals surface area contributed by atoms with Crippen LogP contribution in [-0.4, -0.2) is 19.4 Å². The summed E-state index contributed by atoms with van der Waals surface area (Å²) < 4.78 is 0. The van der Waals surface area contributed by atoms with Crippen molar-refractivity contribution in [2.45, 2.75) is 38.9 Å². The van der Waals surface area contributed by atoms with Crippen LogP contribution in [0.3, 0.4) is 0 Å². The van der Waals surface area contributed by atoms with Gasteiger partial charge >= 0.3 is 0 Å². The van der Waals surface area contributed by atoms with Crippen molar-refractivity contribution in [1.29, 1.82) is 0 Å². The Morgan fingerprint density at radius 3 is 1.58 bits per heavy atom. The Morgan fingerprint density at radius 2 is 1.50 bits per heavy atom. The first-order valence-electron chi connectivity index (χ1n) is 3.95. The van der Waals surface area contributed by atoms with E-state index in [0.717, 1.165) is 0 Å². The Kier molecular flexibility index (Phi) is 2.85. The van der Waals surface area contributed by atoms with E-state index in [4.69, 9.17) is 5.73 Å². The summed E-state index contributed by atoms with van der Waals surface area (Å²) in [7, 11) is -2.18. The number of hydrogen-bond acceptors (Lipinski definition) is 2. The molecule has 0 aliphatic heterocycles. The molecule has 0 bridgehead atoms. The highest BCUT2D eigenvalue weighted by molar-refractivity contribution is 7.13. The average molecular weight is 187 g/mol. The van der Waals surface area contributed by atoms with E-state index in [0.29, 0.717) is 0 Å². The van der Waals surface area contributed by atoms with Crippen molar-refractivity contribution < 1.29 is 9.59 Å². The monoisotopic (exact) mass is 187 g/mol. The highest BCUT2D eigenvalue weighted by Gasteiger charge is 2.44. The van der Waals surface area contributed by atoms with Crippen molar-refractivity contribution in [1.82, 2.24) is 0 Å². The first-order valence-corrected chi connectivity index (χ1v) is 6.95. The van der Waals surface area contributed by atoms with Gasteiger partial charge in [0.1, 0.15) is 8.07 Å². The first-order chi connectivity index (χ1) is 5.10. The first kappa shape index (κ1) is 11.4. The molecule has 0 aromatic heterocycles. The summed E-state index contributed by atoms with van der Waals surface area (Å²) in [4.78, 5) is 22.1. The Labute approximate surface area is 74.3 Å². The van der Waals surface area contributed by atoms with E-state index in [9.17, 15) is 9.59 Å². The third-order valence-corrected chi connectivity index (χ3v) is 7.80. The number of hydrogen-bond donors (Lipinski definition) is 1. The second-order valence-corrected chi connectivity index (χ2v) is 9.77. The summed E-state index contributed by atoms with van der Waals surface area (Å²) in [5.41, 5.74) is 4.97. The minimum absolute atomic E-state index is 0.112. The van der Waals surface area contributed by atoms with E-state index in [1.165, 1.54) is 0 Å². The predicted molar refractivity (Wildman–Crippen MR) is 51.4 cm³/mol. The number of amides is 1. The molecule has 1 amide bonds. The summed E-state index contributed by atoms with van der Waals surface area (Å²) >= 11 is 0. The highest BCUT2D eigenvalue weighted by atomic mass is 28.3. The van der Waals surface area contributed by atoms with Crippen molar-refractivity contribution in [3.8, 4) is 0 Å². The molecule has 0 atom stereocenters. The van der Waals surface area contributed by atoms with Crippen molar-refractivity contribution in [2.24, 2.45) is 5.73 Å². The van der Waals surface area contributed by atoms with E-state index >= 15 is 0 Å². The van der Waals surface area contributed by atoms with Crippen molar-refractivity contribution in [3.05, 3.63) is 0 Å². The van der Waals surface area contributed by atoms with Gasteiger partial charge in [-0.1, -0.05) is 33.9 Å². The number of nitrogens with two attached hydrogens (primary N) is 1. The lowest BCUT2D eigenvalue weighted by atomic mass is 10.2. The van der Waals surface area contributed by atoms with Crippen molar-refractivity contribution in [2.75, 3.05) is 0 Å². The zero-order valence-electron chi connectivity index (χ0n) is 8.39. The Hall–Kier alpha value is -0.643. The molecule has 0 spiro atoms. The van der Waals surface area contributed by atoms with Gasteiger partial charge in [0.2, 0.25) is 0 Å². The maximum Gasteiger partial charge on any atom is 0.279 e. The van der Waals surface area contributed by atoms with Crippen molar-refractivity contribution >= 4 is 19.4 Å².